The Balaban J connectivity index is 2.35. The fourth-order valence-corrected chi connectivity index (χ4v) is 2.03. The van der Waals surface area contributed by atoms with Crippen molar-refractivity contribution in [2.24, 2.45) is 5.92 Å². The van der Waals surface area contributed by atoms with E-state index in [0.717, 1.165) is 18.8 Å². The van der Waals surface area contributed by atoms with Gasteiger partial charge in [0.2, 0.25) is 5.91 Å². The van der Waals surface area contributed by atoms with Crippen LogP contribution in [0.5, 0.6) is 0 Å². The van der Waals surface area contributed by atoms with Crippen molar-refractivity contribution >= 4 is 17.7 Å². The van der Waals surface area contributed by atoms with Gasteiger partial charge in [-0.1, -0.05) is 0 Å². The second-order valence-corrected chi connectivity index (χ2v) is 4.52. The van der Waals surface area contributed by atoms with Gasteiger partial charge in [0.15, 0.2) is 0 Å². The highest BCUT2D eigenvalue weighted by Gasteiger charge is 2.29. The zero-order chi connectivity index (χ0) is 9.84. The highest BCUT2D eigenvalue weighted by molar-refractivity contribution is 7.98. The van der Waals surface area contributed by atoms with Gasteiger partial charge >= 0.3 is 0 Å². The Hall–Kier alpha value is -0.220. The minimum atomic E-state index is 0.231. The van der Waals surface area contributed by atoms with Crippen molar-refractivity contribution in [3.8, 4) is 0 Å². The van der Waals surface area contributed by atoms with Crippen LogP contribution in [0.1, 0.15) is 6.92 Å². The van der Waals surface area contributed by atoms with Gasteiger partial charge < -0.3 is 10.2 Å². The molecule has 1 N–H and O–H groups in total. The van der Waals surface area contributed by atoms with Gasteiger partial charge in [0.25, 0.3) is 0 Å². The van der Waals surface area contributed by atoms with E-state index in [2.05, 4.69) is 18.5 Å². The normalized spacial score (nSPS) is 19.3. The number of rotatable bonds is 4. The second-order valence-electron chi connectivity index (χ2n) is 3.61. The van der Waals surface area contributed by atoms with E-state index in [-0.39, 0.29) is 5.92 Å². The first-order valence-corrected chi connectivity index (χ1v) is 6.02. The molecule has 0 aromatic heterocycles. The number of hydrogen-bond donors (Lipinski definition) is 1. The van der Waals surface area contributed by atoms with E-state index in [1.54, 1.807) is 11.8 Å². The van der Waals surface area contributed by atoms with E-state index in [0.29, 0.717) is 11.9 Å². The molecule has 0 radical (unpaired) electrons. The quantitative estimate of drug-likeness (QED) is 0.717. The summed E-state index contributed by atoms with van der Waals surface area (Å²) < 4.78 is 0. The highest BCUT2D eigenvalue weighted by atomic mass is 32.2. The largest absolute Gasteiger partial charge is 0.342 e. The van der Waals surface area contributed by atoms with Crippen molar-refractivity contribution in [3.05, 3.63) is 0 Å². The van der Waals surface area contributed by atoms with Crippen molar-refractivity contribution in [2.75, 3.05) is 32.1 Å². The molecule has 0 aromatic rings. The van der Waals surface area contributed by atoms with Crippen LogP contribution in [0.3, 0.4) is 0 Å². The Labute approximate surface area is 84.2 Å². The monoisotopic (exact) mass is 202 g/mol. The lowest BCUT2D eigenvalue weighted by Gasteiger charge is -2.33. The molecule has 76 valence electrons. The molecule has 1 saturated heterocycles. The van der Waals surface area contributed by atoms with Gasteiger partial charge in [0, 0.05) is 31.9 Å². The number of thioether (sulfide) groups is 1. The molecule has 0 spiro atoms. The number of hydrogen-bond acceptors (Lipinski definition) is 3. The molecule has 1 fully saturated rings. The average molecular weight is 202 g/mol. The molecule has 1 aliphatic rings. The van der Waals surface area contributed by atoms with Gasteiger partial charge in [-0.05, 0) is 13.2 Å². The maximum absolute atomic E-state index is 11.7. The van der Waals surface area contributed by atoms with Crippen LogP contribution >= 0.6 is 11.8 Å². The minimum absolute atomic E-state index is 0.231. The maximum Gasteiger partial charge on any atom is 0.228 e. The third kappa shape index (κ3) is 2.61. The van der Waals surface area contributed by atoms with Gasteiger partial charge in [-0.15, -0.1) is 0 Å². The van der Waals surface area contributed by atoms with Crippen LogP contribution in [-0.2, 0) is 4.79 Å². The SMILES string of the molecule is CSCC(C)N(C)C(=O)C1CNC1. The van der Waals surface area contributed by atoms with Crippen LogP contribution in [0.15, 0.2) is 0 Å². The molecular weight excluding hydrogens is 184 g/mol. The summed E-state index contributed by atoms with van der Waals surface area (Å²) in [6, 6.07) is 0.350. The summed E-state index contributed by atoms with van der Waals surface area (Å²) in [6.07, 6.45) is 2.07. The molecule has 1 amide bonds. The zero-order valence-electron chi connectivity index (χ0n) is 8.54. The minimum Gasteiger partial charge on any atom is -0.342 e. The average Bonchev–Trinajstić information content (AvgIpc) is 2.00. The summed E-state index contributed by atoms with van der Waals surface area (Å²) in [5.74, 6) is 1.54. The maximum atomic E-state index is 11.7. The standard InChI is InChI=1S/C9H18N2OS/c1-7(6-13-3)11(2)9(12)8-4-10-5-8/h7-8,10H,4-6H2,1-3H3. The molecule has 0 aliphatic carbocycles. The molecule has 0 bridgehead atoms. The molecule has 1 unspecified atom stereocenters. The predicted octanol–water partition coefficient (Wildman–Crippen LogP) is 0.416. The van der Waals surface area contributed by atoms with Crippen LogP contribution in [0.4, 0.5) is 0 Å². The van der Waals surface area contributed by atoms with Gasteiger partial charge in [-0.3, -0.25) is 4.79 Å². The summed E-state index contributed by atoms with van der Waals surface area (Å²) >= 11 is 1.78. The van der Waals surface area contributed by atoms with E-state index in [4.69, 9.17) is 0 Å². The van der Waals surface area contributed by atoms with Gasteiger partial charge in [-0.25, -0.2) is 0 Å². The molecule has 1 atom stereocenters. The molecule has 4 heteroatoms. The number of carbonyl (C=O) groups is 1. The fraction of sp³-hybridized carbons (Fsp3) is 0.889. The van der Waals surface area contributed by atoms with E-state index in [1.807, 2.05) is 11.9 Å². The molecular formula is C9H18N2OS. The summed E-state index contributed by atoms with van der Waals surface area (Å²) in [6.45, 7) is 3.81. The highest BCUT2D eigenvalue weighted by Crippen LogP contribution is 2.11. The fourth-order valence-electron chi connectivity index (χ4n) is 1.32. The molecule has 1 heterocycles. The summed E-state index contributed by atoms with van der Waals surface area (Å²) in [4.78, 5) is 13.6. The Morgan fingerprint density at radius 3 is 2.69 bits per heavy atom. The molecule has 0 saturated carbocycles. The zero-order valence-corrected chi connectivity index (χ0v) is 9.36. The topological polar surface area (TPSA) is 32.3 Å². The van der Waals surface area contributed by atoms with E-state index < -0.39 is 0 Å². The molecule has 3 nitrogen and oxygen atoms in total. The van der Waals surface area contributed by atoms with Crippen LogP contribution in [-0.4, -0.2) is 49.0 Å². The first-order chi connectivity index (χ1) is 6.16. The van der Waals surface area contributed by atoms with Gasteiger partial charge in [0.1, 0.15) is 0 Å². The molecule has 1 rings (SSSR count). The van der Waals surface area contributed by atoms with Crippen LogP contribution in [0, 0.1) is 5.92 Å². The van der Waals surface area contributed by atoms with Crippen LogP contribution < -0.4 is 5.32 Å². The third-order valence-electron chi connectivity index (χ3n) is 2.55. The summed E-state index contributed by atoms with van der Waals surface area (Å²) in [5.41, 5.74) is 0. The summed E-state index contributed by atoms with van der Waals surface area (Å²) in [7, 11) is 1.90. The van der Waals surface area contributed by atoms with Gasteiger partial charge in [0.05, 0.1) is 5.92 Å². The van der Waals surface area contributed by atoms with E-state index in [1.165, 1.54) is 0 Å². The number of nitrogens with zero attached hydrogens (tertiary/aromatic N) is 1. The number of amides is 1. The molecule has 13 heavy (non-hydrogen) atoms. The summed E-state index contributed by atoms with van der Waals surface area (Å²) in [5, 5.41) is 3.12. The van der Waals surface area contributed by atoms with E-state index in [9.17, 15) is 4.79 Å². The lowest BCUT2D eigenvalue weighted by atomic mass is 10.0. The smallest absolute Gasteiger partial charge is 0.228 e. The second kappa shape index (κ2) is 4.86. The van der Waals surface area contributed by atoms with Crippen LogP contribution in [0.2, 0.25) is 0 Å². The van der Waals surface area contributed by atoms with Crippen molar-refractivity contribution in [1.29, 1.82) is 0 Å². The van der Waals surface area contributed by atoms with E-state index >= 15 is 0 Å². The lowest BCUT2D eigenvalue weighted by Crippen LogP contribution is -2.53. The van der Waals surface area contributed by atoms with Crippen molar-refractivity contribution < 1.29 is 4.79 Å². The third-order valence-corrected chi connectivity index (χ3v) is 3.36. The predicted molar refractivity (Wildman–Crippen MR) is 57.0 cm³/mol. The Kier molecular flexibility index (Phi) is 4.06. The van der Waals surface area contributed by atoms with Crippen LogP contribution in [0.25, 0.3) is 0 Å². The first-order valence-electron chi connectivity index (χ1n) is 4.63. The Morgan fingerprint density at radius 1 is 1.69 bits per heavy atom. The van der Waals surface area contributed by atoms with Crippen molar-refractivity contribution in [3.63, 3.8) is 0 Å². The lowest BCUT2D eigenvalue weighted by molar-refractivity contribution is -0.137. The Morgan fingerprint density at radius 2 is 2.31 bits per heavy atom. The first kappa shape index (κ1) is 10.9. The van der Waals surface area contributed by atoms with Crippen molar-refractivity contribution in [1.82, 2.24) is 10.2 Å². The number of carbonyl (C=O) groups excluding carboxylic acids is 1. The van der Waals surface area contributed by atoms with Crippen molar-refractivity contribution in [2.45, 2.75) is 13.0 Å². The van der Waals surface area contributed by atoms with Gasteiger partial charge in [-0.2, -0.15) is 11.8 Å². The number of nitrogens with one attached hydrogen (secondary N) is 1. The molecule has 1 aliphatic heterocycles. The molecule has 0 aromatic carbocycles. The Bertz CT molecular complexity index is 182.